The molecule has 4 rings (SSSR count). The first-order chi connectivity index (χ1) is 15.5. The lowest BCUT2D eigenvalue weighted by Crippen LogP contribution is -2.49. The number of aliphatic imine (C=N–C) groups is 1. The van der Waals surface area contributed by atoms with E-state index >= 15 is 0 Å². The Labute approximate surface area is 190 Å². The monoisotopic (exact) mass is 455 g/mol. The molecule has 2 aliphatic rings. The van der Waals surface area contributed by atoms with Gasteiger partial charge in [-0.05, 0) is 18.2 Å². The normalized spacial score (nSPS) is 15.7. The molecule has 0 saturated carbocycles. The average molecular weight is 456 g/mol. The van der Waals surface area contributed by atoms with E-state index < -0.39 is 11.9 Å². The van der Waals surface area contributed by atoms with Gasteiger partial charge in [-0.25, -0.2) is 14.6 Å². The molecule has 0 aliphatic carbocycles. The van der Waals surface area contributed by atoms with Gasteiger partial charge < -0.3 is 20.2 Å². The molecule has 0 unspecified atom stereocenters. The minimum atomic E-state index is -1.26. The summed E-state index contributed by atoms with van der Waals surface area (Å²) in [7, 11) is 0. The van der Waals surface area contributed by atoms with Crippen LogP contribution < -0.4 is 0 Å². The summed E-state index contributed by atoms with van der Waals surface area (Å²) in [6, 6.07) is 16.9. The number of hydrogen-bond acceptors (Lipinski definition) is 7. The predicted molar refractivity (Wildman–Crippen MR) is 123 cm³/mol. The van der Waals surface area contributed by atoms with E-state index in [1.54, 1.807) is 11.8 Å². The van der Waals surface area contributed by atoms with Crippen molar-refractivity contribution >= 4 is 35.2 Å². The summed E-state index contributed by atoms with van der Waals surface area (Å²) in [5.41, 5.74) is 2.26. The lowest BCUT2D eigenvalue weighted by Gasteiger charge is -2.36. The number of carboxylic acid groups (broad SMARTS) is 2. The van der Waals surface area contributed by atoms with E-state index in [-0.39, 0.29) is 6.61 Å². The lowest BCUT2D eigenvalue weighted by molar-refractivity contribution is -0.134. The summed E-state index contributed by atoms with van der Waals surface area (Å²) in [5.74, 6) is -1.44. The van der Waals surface area contributed by atoms with Crippen molar-refractivity contribution in [2.24, 2.45) is 4.99 Å². The molecule has 0 radical (unpaired) electrons. The third-order valence-electron chi connectivity index (χ3n) is 4.90. The second-order valence-corrected chi connectivity index (χ2v) is 8.15. The van der Waals surface area contributed by atoms with Crippen LogP contribution >= 0.6 is 11.8 Å². The zero-order chi connectivity index (χ0) is 22.9. The van der Waals surface area contributed by atoms with Crippen LogP contribution in [0.25, 0.3) is 0 Å². The van der Waals surface area contributed by atoms with Crippen LogP contribution in [-0.2, 0) is 9.59 Å². The Bertz CT molecular complexity index is 1000. The standard InChI is InChI=1S/C19H21N3OS.C4H4O4/c23-14-13-21-9-11-22(12-10-21)19-15-5-1-3-7-17(15)24-18-8-4-2-6-16(18)20-19;5-3(6)1-2-4(7)8/h1-8,23H,9-14H2;1-2H,(H,5,6)(H,7,8). The van der Waals surface area contributed by atoms with Crippen LogP contribution in [0.2, 0.25) is 0 Å². The summed E-state index contributed by atoms with van der Waals surface area (Å²) in [6.07, 6.45) is 1.12. The Morgan fingerprint density at radius 3 is 2.12 bits per heavy atom. The summed E-state index contributed by atoms with van der Waals surface area (Å²) in [6.45, 7) is 4.82. The Kier molecular flexibility index (Phi) is 8.43. The largest absolute Gasteiger partial charge is 0.478 e. The minimum Gasteiger partial charge on any atom is -0.478 e. The van der Waals surface area contributed by atoms with E-state index in [9.17, 15) is 9.59 Å². The molecule has 1 fully saturated rings. The number of fused-ring (bicyclic) bond motifs is 2. The van der Waals surface area contributed by atoms with Crippen LogP contribution in [0.3, 0.4) is 0 Å². The molecule has 32 heavy (non-hydrogen) atoms. The van der Waals surface area contributed by atoms with Crippen LogP contribution in [0.15, 0.2) is 75.5 Å². The fourth-order valence-electron chi connectivity index (χ4n) is 3.38. The maximum atomic E-state index is 9.55. The summed E-state index contributed by atoms with van der Waals surface area (Å²) < 4.78 is 0. The van der Waals surface area contributed by atoms with E-state index in [2.05, 4.69) is 58.3 Å². The maximum Gasteiger partial charge on any atom is 0.328 e. The number of carbonyl (C=O) groups is 2. The van der Waals surface area contributed by atoms with Gasteiger partial charge in [-0.3, -0.25) is 4.90 Å². The van der Waals surface area contributed by atoms with E-state index in [1.165, 1.54) is 15.4 Å². The van der Waals surface area contributed by atoms with Crippen LogP contribution in [0.4, 0.5) is 5.69 Å². The van der Waals surface area contributed by atoms with Gasteiger partial charge in [0.15, 0.2) is 0 Å². The number of hydrogen-bond donors (Lipinski definition) is 3. The molecule has 2 aromatic carbocycles. The number of nitrogens with zero attached hydrogens (tertiary/aromatic N) is 3. The van der Waals surface area contributed by atoms with E-state index in [4.69, 9.17) is 20.3 Å². The molecule has 2 aliphatic heterocycles. The van der Waals surface area contributed by atoms with Gasteiger partial charge in [0.05, 0.1) is 12.3 Å². The number of piperazine rings is 1. The van der Waals surface area contributed by atoms with Crippen LogP contribution in [-0.4, -0.2) is 82.2 Å². The van der Waals surface area contributed by atoms with Crippen molar-refractivity contribution in [3.8, 4) is 0 Å². The summed E-state index contributed by atoms with van der Waals surface area (Å²) >= 11 is 1.80. The number of benzene rings is 2. The van der Waals surface area contributed by atoms with Crippen molar-refractivity contribution in [3.63, 3.8) is 0 Å². The molecule has 0 atom stereocenters. The smallest absolute Gasteiger partial charge is 0.328 e. The first-order valence-electron chi connectivity index (χ1n) is 10.1. The minimum absolute atomic E-state index is 0.230. The molecular weight excluding hydrogens is 430 g/mol. The molecule has 2 heterocycles. The van der Waals surface area contributed by atoms with Gasteiger partial charge in [0.2, 0.25) is 0 Å². The molecule has 0 bridgehead atoms. The zero-order valence-electron chi connectivity index (χ0n) is 17.4. The molecule has 168 valence electrons. The molecule has 0 spiro atoms. The maximum absolute atomic E-state index is 9.55. The highest BCUT2D eigenvalue weighted by Gasteiger charge is 2.24. The number of β-amino-alcohol motifs (C(OH)–C–C–N with tert-alkyl or cyclic N) is 1. The van der Waals surface area contributed by atoms with E-state index in [1.807, 2.05) is 0 Å². The van der Waals surface area contributed by atoms with E-state index in [0.717, 1.165) is 44.2 Å². The van der Waals surface area contributed by atoms with Gasteiger partial charge in [0.25, 0.3) is 0 Å². The third-order valence-corrected chi connectivity index (χ3v) is 6.04. The molecule has 1 saturated heterocycles. The van der Waals surface area contributed by atoms with Gasteiger partial charge in [0.1, 0.15) is 5.84 Å². The quantitative estimate of drug-likeness (QED) is 0.603. The number of carboxylic acids is 2. The second kappa shape index (κ2) is 11.5. The number of aliphatic hydroxyl groups is 1. The average Bonchev–Trinajstić information content (AvgIpc) is 2.96. The number of amidine groups is 1. The molecule has 9 heteroatoms. The number of rotatable bonds is 4. The van der Waals surface area contributed by atoms with Crippen molar-refractivity contribution < 1.29 is 24.9 Å². The molecule has 3 N–H and O–H groups in total. The van der Waals surface area contributed by atoms with Crippen LogP contribution in [0, 0.1) is 0 Å². The molecule has 8 nitrogen and oxygen atoms in total. The second-order valence-electron chi connectivity index (χ2n) is 7.06. The predicted octanol–water partition coefficient (Wildman–Crippen LogP) is 2.55. The van der Waals surface area contributed by atoms with Gasteiger partial charge in [0, 0.05) is 60.2 Å². The zero-order valence-corrected chi connectivity index (χ0v) is 18.2. The number of aliphatic hydroxyl groups excluding tert-OH is 1. The van der Waals surface area contributed by atoms with Crippen molar-refractivity contribution in [1.29, 1.82) is 0 Å². The summed E-state index contributed by atoms with van der Waals surface area (Å²) in [4.78, 5) is 31.3. The molecule has 0 aromatic heterocycles. The van der Waals surface area contributed by atoms with Crippen LogP contribution in [0.5, 0.6) is 0 Å². The fourth-order valence-corrected chi connectivity index (χ4v) is 4.40. The Morgan fingerprint density at radius 1 is 0.906 bits per heavy atom. The van der Waals surface area contributed by atoms with Crippen LogP contribution in [0.1, 0.15) is 5.56 Å². The van der Waals surface area contributed by atoms with Gasteiger partial charge in [-0.15, -0.1) is 0 Å². The van der Waals surface area contributed by atoms with Gasteiger partial charge in [-0.2, -0.15) is 0 Å². The highest BCUT2D eigenvalue weighted by Crippen LogP contribution is 2.40. The van der Waals surface area contributed by atoms with E-state index in [0.29, 0.717) is 12.2 Å². The molecule has 0 amide bonds. The van der Waals surface area contributed by atoms with Gasteiger partial charge in [-0.1, -0.05) is 42.1 Å². The Morgan fingerprint density at radius 2 is 1.50 bits per heavy atom. The highest BCUT2D eigenvalue weighted by atomic mass is 32.2. The van der Waals surface area contributed by atoms with Gasteiger partial charge >= 0.3 is 11.9 Å². The lowest BCUT2D eigenvalue weighted by atomic mass is 10.1. The number of aliphatic carboxylic acids is 2. The van der Waals surface area contributed by atoms with Crippen molar-refractivity contribution in [3.05, 3.63) is 66.2 Å². The van der Waals surface area contributed by atoms with Crippen molar-refractivity contribution in [2.45, 2.75) is 9.79 Å². The van der Waals surface area contributed by atoms with Crippen molar-refractivity contribution in [2.75, 3.05) is 39.3 Å². The first-order valence-corrected chi connectivity index (χ1v) is 11.0. The topological polar surface area (TPSA) is 114 Å². The van der Waals surface area contributed by atoms with Crippen molar-refractivity contribution in [1.82, 2.24) is 9.80 Å². The SMILES string of the molecule is O=C(O)C=CC(=O)O.OCCN1CCN(C2=Nc3ccccc3Sc3ccccc32)CC1. The third kappa shape index (κ3) is 6.43. The molecule has 2 aromatic rings. The Balaban J connectivity index is 0.000000312. The molecular formula is C23H25N3O5S. The Hall–Kier alpha value is -3.14. The summed E-state index contributed by atoms with van der Waals surface area (Å²) in [5, 5.41) is 24.8. The fraction of sp³-hybridized carbons (Fsp3) is 0.261. The number of para-hydroxylation sites is 1. The first kappa shape index (κ1) is 23.5. The highest BCUT2D eigenvalue weighted by molar-refractivity contribution is 7.99.